The number of benzene rings is 2. The number of aryl methyl sites for hydroxylation is 2. The topological polar surface area (TPSA) is 66.4 Å². The van der Waals surface area contributed by atoms with Gasteiger partial charge in [0.25, 0.3) is 10.0 Å². The van der Waals surface area contributed by atoms with E-state index in [2.05, 4.69) is 4.72 Å². The second-order valence-electron chi connectivity index (χ2n) is 5.17. The number of sulfonamides is 1. The summed E-state index contributed by atoms with van der Waals surface area (Å²) >= 11 is 0. The first-order valence-corrected chi connectivity index (χ1v) is 8.16. The summed E-state index contributed by atoms with van der Waals surface area (Å²) < 4.78 is 27.3. The lowest BCUT2D eigenvalue weighted by Crippen LogP contribution is -2.14. The first kappa shape index (κ1) is 15.5. The average molecular weight is 305 g/mol. The molecule has 112 valence electrons. The molecule has 2 rings (SSSR count). The summed E-state index contributed by atoms with van der Waals surface area (Å²) in [7, 11) is -3.61. The Morgan fingerprint density at radius 1 is 1.05 bits per heavy atom. The maximum absolute atomic E-state index is 12.4. The van der Waals surface area contributed by atoms with Crippen molar-refractivity contribution in [3.63, 3.8) is 0 Å². The molecule has 0 aliphatic carbocycles. The molecule has 0 spiro atoms. The number of hydrogen-bond donors (Lipinski definition) is 2. The first-order valence-electron chi connectivity index (χ1n) is 6.68. The van der Waals surface area contributed by atoms with E-state index in [1.54, 1.807) is 50.2 Å². The van der Waals surface area contributed by atoms with Crippen LogP contribution in [0.15, 0.2) is 47.4 Å². The highest BCUT2D eigenvalue weighted by molar-refractivity contribution is 7.92. The van der Waals surface area contributed by atoms with Crippen LogP contribution < -0.4 is 4.72 Å². The molecule has 0 amide bonds. The molecule has 2 N–H and O–H groups in total. The van der Waals surface area contributed by atoms with Crippen molar-refractivity contribution in [2.24, 2.45) is 0 Å². The Bertz CT molecular complexity index is 735. The molecule has 0 saturated heterocycles. The molecule has 4 nitrogen and oxygen atoms in total. The van der Waals surface area contributed by atoms with Crippen LogP contribution in [0.25, 0.3) is 0 Å². The minimum atomic E-state index is -3.61. The summed E-state index contributed by atoms with van der Waals surface area (Å²) in [5.41, 5.74) is 2.94. The van der Waals surface area contributed by atoms with Crippen LogP contribution in [0.2, 0.25) is 0 Å². The van der Waals surface area contributed by atoms with Gasteiger partial charge in [0.15, 0.2) is 0 Å². The zero-order chi connectivity index (χ0) is 15.6. The summed E-state index contributed by atoms with van der Waals surface area (Å²) in [5, 5.41) is 9.45. The molecule has 0 aliphatic rings. The van der Waals surface area contributed by atoms with Gasteiger partial charge in [-0.2, -0.15) is 0 Å². The van der Waals surface area contributed by atoms with Crippen molar-refractivity contribution in [1.29, 1.82) is 0 Å². The molecule has 0 radical (unpaired) electrons. The Morgan fingerprint density at radius 2 is 1.67 bits per heavy atom. The number of nitrogens with one attached hydrogen (secondary N) is 1. The van der Waals surface area contributed by atoms with Crippen LogP contribution in [0.3, 0.4) is 0 Å². The molecular formula is C16H19NO3S. The largest absolute Gasteiger partial charge is 0.389 e. The molecule has 0 bridgehead atoms. The summed E-state index contributed by atoms with van der Waals surface area (Å²) in [4.78, 5) is 0.271. The lowest BCUT2D eigenvalue weighted by molar-refractivity contribution is 0.199. The predicted molar refractivity (Wildman–Crippen MR) is 83.8 cm³/mol. The fourth-order valence-electron chi connectivity index (χ4n) is 2.14. The molecule has 2 aromatic carbocycles. The van der Waals surface area contributed by atoms with Crippen LogP contribution in [0.1, 0.15) is 29.7 Å². The number of anilines is 1. The predicted octanol–water partition coefficient (Wildman–Crippen LogP) is 3.16. The van der Waals surface area contributed by atoms with Gasteiger partial charge in [0.05, 0.1) is 11.0 Å². The van der Waals surface area contributed by atoms with Gasteiger partial charge in [-0.25, -0.2) is 8.42 Å². The van der Waals surface area contributed by atoms with Crippen molar-refractivity contribution in [1.82, 2.24) is 0 Å². The minimum Gasteiger partial charge on any atom is -0.389 e. The maximum atomic E-state index is 12.4. The highest BCUT2D eigenvalue weighted by Gasteiger charge is 2.16. The van der Waals surface area contributed by atoms with Crippen LogP contribution in [0.5, 0.6) is 0 Å². The molecule has 0 saturated carbocycles. The molecule has 5 heteroatoms. The Balaban J connectivity index is 2.28. The number of hydrogen-bond acceptors (Lipinski definition) is 3. The van der Waals surface area contributed by atoms with Crippen LogP contribution in [0, 0.1) is 13.8 Å². The van der Waals surface area contributed by atoms with Crippen molar-refractivity contribution in [2.75, 3.05) is 4.72 Å². The summed E-state index contributed by atoms with van der Waals surface area (Å²) in [5.74, 6) is 0. The van der Waals surface area contributed by atoms with Crippen LogP contribution in [-0.4, -0.2) is 13.5 Å². The lowest BCUT2D eigenvalue weighted by Gasteiger charge is -2.12. The molecule has 0 aromatic heterocycles. The third-order valence-corrected chi connectivity index (χ3v) is 4.81. The van der Waals surface area contributed by atoms with Crippen LogP contribution in [0.4, 0.5) is 5.69 Å². The number of aliphatic hydroxyl groups excluding tert-OH is 1. The quantitative estimate of drug-likeness (QED) is 0.912. The highest BCUT2D eigenvalue weighted by atomic mass is 32.2. The van der Waals surface area contributed by atoms with E-state index in [9.17, 15) is 13.5 Å². The third kappa shape index (κ3) is 3.62. The van der Waals surface area contributed by atoms with Crippen LogP contribution >= 0.6 is 0 Å². The third-order valence-electron chi connectivity index (χ3n) is 3.27. The van der Waals surface area contributed by atoms with E-state index in [-0.39, 0.29) is 4.90 Å². The molecule has 1 unspecified atom stereocenters. The first-order chi connectivity index (χ1) is 9.79. The molecule has 21 heavy (non-hydrogen) atoms. The molecular weight excluding hydrogens is 286 g/mol. The van der Waals surface area contributed by atoms with E-state index in [0.29, 0.717) is 11.3 Å². The molecule has 0 aliphatic heterocycles. The van der Waals surface area contributed by atoms with E-state index in [1.807, 2.05) is 13.0 Å². The van der Waals surface area contributed by atoms with Crippen molar-refractivity contribution < 1.29 is 13.5 Å². The van der Waals surface area contributed by atoms with Gasteiger partial charge in [-0.3, -0.25) is 4.72 Å². The molecule has 2 aromatic rings. The number of aliphatic hydroxyl groups is 1. The molecule has 0 fully saturated rings. The van der Waals surface area contributed by atoms with Gasteiger partial charge in [-0.05, 0) is 50.1 Å². The Kier molecular flexibility index (Phi) is 4.34. The second-order valence-corrected chi connectivity index (χ2v) is 6.82. The average Bonchev–Trinajstić information content (AvgIpc) is 2.38. The lowest BCUT2D eigenvalue weighted by atomic mass is 10.1. The highest BCUT2D eigenvalue weighted by Crippen LogP contribution is 2.21. The van der Waals surface area contributed by atoms with Crippen molar-refractivity contribution in [3.8, 4) is 0 Å². The van der Waals surface area contributed by atoms with Gasteiger partial charge in [0.2, 0.25) is 0 Å². The normalized spacial score (nSPS) is 13.0. The number of rotatable bonds is 4. The maximum Gasteiger partial charge on any atom is 0.262 e. The SMILES string of the molecule is Cc1ccc(S(=O)(=O)Nc2ccc(C(C)O)cc2)c(C)c1. The van der Waals surface area contributed by atoms with E-state index < -0.39 is 16.1 Å². The zero-order valence-corrected chi connectivity index (χ0v) is 13.1. The van der Waals surface area contributed by atoms with E-state index in [4.69, 9.17) is 0 Å². The van der Waals surface area contributed by atoms with Gasteiger partial charge < -0.3 is 5.11 Å². The minimum absolute atomic E-state index is 0.271. The van der Waals surface area contributed by atoms with E-state index >= 15 is 0 Å². The van der Waals surface area contributed by atoms with Crippen molar-refractivity contribution >= 4 is 15.7 Å². The standard InChI is InChI=1S/C16H19NO3S/c1-11-4-9-16(12(2)10-11)21(19,20)17-15-7-5-14(6-8-15)13(3)18/h4-10,13,17-18H,1-3H3. The second kappa shape index (κ2) is 5.87. The Morgan fingerprint density at radius 3 is 2.19 bits per heavy atom. The van der Waals surface area contributed by atoms with E-state index in [0.717, 1.165) is 11.1 Å². The zero-order valence-electron chi connectivity index (χ0n) is 12.3. The van der Waals surface area contributed by atoms with Gasteiger partial charge >= 0.3 is 0 Å². The van der Waals surface area contributed by atoms with Gasteiger partial charge in [-0.1, -0.05) is 29.8 Å². The van der Waals surface area contributed by atoms with Gasteiger partial charge in [0.1, 0.15) is 0 Å². The fraction of sp³-hybridized carbons (Fsp3) is 0.250. The fourth-order valence-corrected chi connectivity index (χ4v) is 3.43. The monoisotopic (exact) mass is 305 g/mol. The van der Waals surface area contributed by atoms with Crippen LogP contribution in [-0.2, 0) is 10.0 Å². The Hall–Kier alpha value is -1.85. The smallest absolute Gasteiger partial charge is 0.262 e. The molecule has 0 heterocycles. The molecule has 1 atom stereocenters. The summed E-state index contributed by atoms with van der Waals surface area (Å²) in [6.45, 7) is 5.36. The van der Waals surface area contributed by atoms with Gasteiger partial charge in [0, 0.05) is 5.69 Å². The van der Waals surface area contributed by atoms with E-state index in [1.165, 1.54) is 0 Å². The van der Waals surface area contributed by atoms with Crippen molar-refractivity contribution in [3.05, 3.63) is 59.2 Å². The van der Waals surface area contributed by atoms with Gasteiger partial charge in [-0.15, -0.1) is 0 Å². The Labute approximate surface area is 125 Å². The van der Waals surface area contributed by atoms with Crippen molar-refractivity contribution in [2.45, 2.75) is 31.8 Å². The summed E-state index contributed by atoms with van der Waals surface area (Å²) in [6, 6.07) is 11.9. The summed E-state index contributed by atoms with van der Waals surface area (Å²) in [6.07, 6.45) is -0.574.